The Morgan fingerprint density at radius 1 is 1.19 bits per heavy atom. The number of aryl methyl sites for hydroxylation is 1. The number of aromatic nitrogens is 3. The number of nitrogens with one attached hydrogen (secondary N) is 1. The number of carbonyl (C=O) groups is 2. The number of hydrogen-bond donors (Lipinski definition) is 1. The van der Waals surface area contributed by atoms with Gasteiger partial charge in [-0.15, -0.1) is 0 Å². The van der Waals surface area contributed by atoms with Crippen LogP contribution in [0.1, 0.15) is 30.0 Å². The standard InChI is InChI=1S/C23H19ClN4O4/c1-27-10-9-14(26-27)12-28-18-7-5-13(11-19(18)32-23(28)31)15-3-2-4-16(21(15)24)17-6-8-20(29)25-22(17)30/h2-5,7,9-11,17H,6,8,12H2,1H3,(H,25,29,30). The number of piperidine rings is 1. The average molecular weight is 451 g/mol. The van der Waals surface area contributed by atoms with Crippen LogP contribution < -0.4 is 11.1 Å². The lowest BCUT2D eigenvalue weighted by atomic mass is 9.88. The lowest BCUT2D eigenvalue weighted by Gasteiger charge is -2.23. The molecule has 1 saturated heterocycles. The Hall–Kier alpha value is -3.65. The van der Waals surface area contributed by atoms with Gasteiger partial charge in [-0.1, -0.05) is 35.9 Å². The van der Waals surface area contributed by atoms with E-state index in [9.17, 15) is 14.4 Å². The third-order valence-electron chi connectivity index (χ3n) is 5.71. The first-order valence-electron chi connectivity index (χ1n) is 10.1. The molecule has 1 aliphatic rings. The van der Waals surface area contributed by atoms with Gasteiger partial charge in [0.25, 0.3) is 0 Å². The monoisotopic (exact) mass is 450 g/mol. The van der Waals surface area contributed by atoms with Gasteiger partial charge in [-0.25, -0.2) is 4.79 Å². The summed E-state index contributed by atoms with van der Waals surface area (Å²) in [6.07, 6.45) is 2.51. The highest BCUT2D eigenvalue weighted by Gasteiger charge is 2.30. The highest BCUT2D eigenvalue weighted by Crippen LogP contribution is 2.37. The molecule has 3 heterocycles. The summed E-state index contributed by atoms with van der Waals surface area (Å²) in [6, 6.07) is 12.8. The van der Waals surface area contributed by atoms with Gasteiger partial charge in [0.05, 0.1) is 28.7 Å². The number of amides is 2. The van der Waals surface area contributed by atoms with Gasteiger partial charge in [-0.05, 0) is 35.7 Å². The minimum absolute atomic E-state index is 0.269. The number of benzene rings is 2. The first-order valence-corrected chi connectivity index (χ1v) is 10.5. The third kappa shape index (κ3) is 3.52. The molecule has 5 rings (SSSR count). The Bertz CT molecular complexity index is 1430. The second-order valence-corrected chi connectivity index (χ2v) is 8.21. The zero-order valence-electron chi connectivity index (χ0n) is 17.2. The van der Waals surface area contributed by atoms with E-state index in [1.807, 2.05) is 43.6 Å². The van der Waals surface area contributed by atoms with Crippen molar-refractivity contribution in [1.29, 1.82) is 0 Å². The summed E-state index contributed by atoms with van der Waals surface area (Å²) in [5, 5.41) is 7.13. The van der Waals surface area contributed by atoms with Crippen LogP contribution in [0.15, 0.2) is 57.9 Å². The molecule has 2 aromatic carbocycles. The van der Waals surface area contributed by atoms with Crippen molar-refractivity contribution in [2.45, 2.75) is 25.3 Å². The van der Waals surface area contributed by atoms with E-state index >= 15 is 0 Å². The molecule has 1 unspecified atom stereocenters. The van der Waals surface area contributed by atoms with Crippen molar-refractivity contribution in [2.75, 3.05) is 0 Å². The summed E-state index contributed by atoms with van der Waals surface area (Å²) in [5.41, 5.74) is 3.99. The minimum Gasteiger partial charge on any atom is -0.408 e. The fraction of sp³-hybridized carbons (Fsp3) is 0.217. The molecule has 0 saturated carbocycles. The lowest BCUT2D eigenvalue weighted by Crippen LogP contribution is -2.39. The van der Waals surface area contributed by atoms with Crippen molar-refractivity contribution in [3.8, 4) is 11.1 Å². The Morgan fingerprint density at radius 3 is 2.78 bits per heavy atom. The van der Waals surface area contributed by atoms with Gasteiger partial charge in [0.2, 0.25) is 11.8 Å². The SMILES string of the molecule is Cn1ccc(Cn2c(=O)oc3cc(-c4cccc(C5CCC(=O)NC5=O)c4Cl)ccc32)n1. The molecule has 0 bridgehead atoms. The van der Waals surface area contributed by atoms with Crippen molar-refractivity contribution in [3.63, 3.8) is 0 Å². The molecule has 1 atom stereocenters. The molecule has 4 aromatic rings. The van der Waals surface area contributed by atoms with Gasteiger partial charge in [-0.3, -0.25) is 24.2 Å². The van der Waals surface area contributed by atoms with E-state index in [0.717, 1.165) is 16.8 Å². The highest BCUT2D eigenvalue weighted by atomic mass is 35.5. The van der Waals surface area contributed by atoms with Gasteiger partial charge >= 0.3 is 5.76 Å². The minimum atomic E-state index is -0.485. The fourth-order valence-corrected chi connectivity index (χ4v) is 4.49. The molecule has 1 aliphatic heterocycles. The molecule has 2 aromatic heterocycles. The smallest absolute Gasteiger partial charge is 0.408 e. The number of nitrogens with zero attached hydrogens (tertiary/aromatic N) is 3. The maximum atomic E-state index is 12.5. The second kappa shape index (κ2) is 7.80. The van der Waals surface area contributed by atoms with E-state index in [1.165, 1.54) is 4.57 Å². The van der Waals surface area contributed by atoms with Crippen LogP contribution in [-0.4, -0.2) is 26.2 Å². The predicted molar refractivity (Wildman–Crippen MR) is 118 cm³/mol. The maximum absolute atomic E-state index is 12.5. The molecular weight excluding hydrogens is 432 g/mol. The molecular formula is C23H19ClN4O4. The Labute approximate surface area is 187 Å². The molecule has 0 radical (unpaired) electrons. The van der Waals surface area contributed by atoms with Gasteiger partial charge in [0, 0.05) is 25.2 Å². The van der Waals surface area contributed by atoms with Crippen LogP contribution in [0.5, 0.6) is 0 Å². The van der Waals surface area contributed by atoms with E-state index in [1.54, 1.807) is 16.8 Å². The van der Waals surface area contributed by atoms with Crippen LogP contribution in [0.3, 0.4) is 0 Å². The van der Waals surface area contributed by atoms with E-state index in [0.29, 0.717) is 34.7 Å². The number of hydrogen-bond acceptors (Lipinski definition) is 5. The number of carbonyl (C=O) groups excluding carboxylic acids is 2. The first-order chi connectivity index (χ1) is 15.4. The van der Waals surface area contributed by atoms with Crippen molar-refractivity contribution in [2.24, 2.45) is 7.05 Å². The zero-order chi connectivity index (χ0) is 22.4. The fourth-order valence-electron chi connectivity index (χ4n) is 4.13. The molecule has 8 nitrogen and oxygen atoms in total. The average Bonchev–Trinajstić information content (AvgIpc) is 3.31. The van der Waals surface area contributed by atoms with Crippen LogP contribution in [0.4, 0.5) is 0 Å². The van der Waals surface area contributed by atoms with E-state index in [4.69, 9.17) is 16.0 Å². The molecule has 9 heteroatoms. The Balaban J connectivity index is 1.52. The lowest BCUT2D eigenvalue weighted by molar-refractivity contribution is -0.134. The molecule has 32 heavy (non-hydrogen) atoms. The topological polar surface area (TPSA) is 99.1 Å². The van der Waals surface area contributed by atoms with Crippen molar-refractivity contribution >= 4 is 34.5 Å². The second-order valence-electron chi connectivity index (χ2n) is 7.83. The van der Waals surface area contributed by atoms with Crippen molar-refractivity contribution in [3.05, 3.63) is 75.5 Å². The third-order valence-corrected chi connectivity index (χ3v) is 6.13. The zero-order valence-corrected chi connectivity index (χ0v) is 17.9. The maximum Gasteiger partial charge on any atom is 0.420 e. The number of halogens is 1. The summed E-state index contributed by atoms with van der Waals surface area (Å²) in [4.78, 5) is 36.3. The molecule has 2 amide bonds. The number of rotatable bonds is 4. The largest absolute Gasteiger partial charge is 0.420 e. The van der Waals surface area contributed by atoms with Crippen LogP contribution in [0, 0.1) is 0 Å². The summed E-state index contributed by atoms with van der Waals surface area (Å²) in [5.74, 6) is -1.56. The molecule has 1 N–H and O–H groups in total. The summed E-state index contributed by atoms with van der Waals surface area (Å²) in [7, 11) is 1.82. The summed E-state index contributed by atoms with van der Waals surface area (Å²) >= 11 is 6.70. The first kappa shape index (κ1) is 20.3. The summed E-state index contributed by atoms with van der Waals surface area (Å²) in [6.45, 7) is 0.303. The van der Waals surface area contributed by atoms with Crippen LogP contribution in [0.2, 0.25) is 5.02 Å². The molecule has 1 fully saturated rings. The molecule has 0 spiro atoms. The van der Waals surface area contributed by atoms with Crippen LogP contribution in [0.25, 0.3) is 22.2 Å². The highest BCUT2D eigenvalue weighted by molar-refractivity contribution is 6.34. The van der Waals surface area contributed by atoms with E-state index in [2.05, 4.69) is 10.4 Å². The van der Waals surface area contributed by atoms with Gasteiger partial charge in [0.1, 0.15) is 0 Å². The number of imide groups is 1. The van der Waals surface area contributed by atoms with Gasteiger partial charge in [-0.2, -0.15) is 5.10 Å². The quantitative estimate of drug-likeness (QED) is 0.481. The Kier molecular flexibility index (Phi) is 4.94. The van der Waals surface area contributed by atoms with Crippen molar-refractivity contribution in [1.82, 2.24) is 19.7 Å². The van der Waals surface area contributed by atoms with Crippen LogP contribution >= 0.6 is 11.6 Å². The molecule has 162 valence electrons. The van der Waals surface area contributed by atoms with Gasteiger partial charge < -0.3 is 4.42 Å². The van der Waals surface area contributed by atoms with E-state index in [-0.39, 0.29) is 18.2 Å². The van der Waals surface area contributed by atoms with Crippen LogP contribution in [-0.2, 0) is 23.2 Å². The predicted octanol–water partition coefficient (Wildman–Crippen LogP) is 3.22. The van der Waals surface area contributed by atoms with E-state index < -0.39 is 11.7 Å². The number of oxazole rings is 1. The molecule has 0 aliphatic carbocycles. The van der Waals surface area contributed by atoms with Gasteiger partial charge in [0.15, 0.2) is 5.58 Å². The normalized spacial score (nSPS) is 16.5. The summed E-state index contributed by atoms with van der Waals surface area (Å²) < 4.78 is 8.69. The Morgan fingerprint density at radius 2 is 2.03 bits per heavy atom. The number of fused-ring (bicyclic) bond motifs is 1. The van der Waals surface area contributed by atoms with Crippen molar-refractivity contribution < 1.29 is 14.0 Å².